The van der Waals surface area contributed by atoms with E-state index in [-0.39, 0.29) is 10.6 Å². The molecule has 0 aromatic heterocycles. The van der Waals surface area contributed by atoms with Crippen LogP contribution in [-0.2, 0) is 24.3 Å². The number of hydrogen-bond acceptors (Lipinski definition) is 4. The zero-order valence-electron chi connectivity index (χ0n) is 10.3. The Morgan fingerprint density at radius 3 is 2.42 bits per heavy atom. The second-order valence-electron chi connectivity index (χ2n) is 5.17. The van der Waals surface area contributed by atoms with Gasteiger partial charge in [0.05, 0.1) is 10.6 Å². The second kappa shape index (κ2) is 4.17. The Labute approximate surface area is 115 Å². The lowest BCUT2D eigenvalue weighted by atomic mass is 9.82. The van der Waals surface area contributed by atoms with Gasteiger partial charge in [0.2, 0.25) is 0 Å². The van der Waals surface area contributed by atoms with Crippen LogP contribution in [0.5, 0.6) is 0 Å². The number of rotatable bonds is 1. The fourth-order valence-corrected chi connectivity index (χ4v) is 5.09. The lowest BCUT2D eigenvalue weighted by Gasteiger charge is -2.32. The minimum atomic E-state index is -4.32. The van der Waals surface area contributed by atoms with Gasteiger partial charge in [-0.25, -0.2) is 21.2 Å². The highest BCUT2D eigenvalue weighted by Crippen LogP contribution is 2.40. The third kappa shape index (κ3) is 2.51. The van der Waals surface area contributed by atoms with Gasteiger partial charge in [-0.1, -0.05) is 13.8 Å². The van der Waals surface area contributed by atoms with Crippen LogP contribution >= 0.6 is 10.7 Å². The Kier molecular flexibility index (Phi) is 3.23. The molecule has 4 nitrogen and oxygen atoms in total. The maximum atomic E-state index is 13.8. The third-order valence-corrected chi connectivity index (χ3v) is 6.44. The van der Waals surface area contributed by atoms with Gasteiger partial charge < -0.3 is 0 Å². The van der Waals surface area contributed by atoms with Crippen molar-refractivity contribution in [3.05, 3.63) is 23.5 Å². The molecule has 1 aromatic rings. The minimum Gasteiger partial charge on any atom is -0.224 e. The number of halogens is 2. The summed E-state index contributed by atoms with van der Waals surface area (Å²) in [7, 11) is -2.82. The van der Waals surface area contributed by atoms with Gasteiger partial charge in [-0.3, -0.25) is 0 Å². The first-order valence-corrected chi connectivity index (χ1v) is 9.43. The summed E-state index contributed by atoms with van der Waals surface area (Å²) in [6.45, 7) is 3.57. The molecule has 0 spiro atoms. The van der Waals surface area contributed by atoms with Gasteiger partial charge in [-0.15, -0.1) is 0 Å². The van der Waals surface area contributed by atoms with E-state index in [1.54, 1.807) is 13.8 Å². The number of benzene rings is 1. The SMILES string of the molecule is CC1(C)CCS(=O)(=O)c2cc(S(=O)(=O)Cl)c(F)cc21. The van der Waals surface area contributed by atoms with E-state index in [2.05, 4.69) is 0 Å². The van der Waals surface area contributed by atoms with Crippen molar-refractivity contribution in [2.45, 2.75) is 35.5 Å². The lowest BCUT2D eigenvalue weighted by Crippen LogP contribution is -2.30. The molecule has 19 heavy (non-hydrogen) atoms. The van der Waals surface area contributed by atoms with Crippen LogP contribution < -0.4 is 0 Å². The number of sulfone groups is 1. The summed E-state index contributed by atoms with van der Waals surface area (Å²) in [5.41, 5.74) is -0.240. The van der Waals surface area contributed by atoms with E-state index in [0.29, 0.717) is 12.0 Å². The van der Waals surface area contributed by atoms with E-state index < -0.39 is 35.0 Å². The van der Waals surface area contributed by atoms with Crippen LogP contribution in [0.4, 0.5) is 4.39 Å². The van der Waals surface area contributed by atoms with Gasteiger partial charge in [-0.05, 0) is 29.5 Å². The van der Waals surface area contributed by atoms with Crippen molar-refractivity contribution < 1.29 is 21.2 Å². The topological polar surface area (TPSA) is 68.3 Å². The van der Waals surface area contributed by atoms with E-state index in [9.17, 15) is 21.2 Å². The maximum Gasteiger partial charge on any atom is 0.264 e. The molecule has 1 aliphatic rings. The van der Waals surface area contributed by atoms with Gasteiger partial charge >= 0.3 is 0 Å². The average molecular weight is 327 g/mol. The predicted molar refractivity (Wildman–Crippen MR) is 69.1 cm³/mol. The van der Waals surface area contributed by atoms with Crippen molar-refractivity contribution in [2.24, 2.45) is 0 Å². The zero-order valence-corrected chi connectivity index (χ0v) is 12.7. The van der Waals surface area contributed by atoms with Crippen molar-refractivity contribution in [1.82, 2.24) is 0 Å². The van der Waals surface area contributed by atoms with E-state index in [4.69, 9.17) is 10.7 Å². The molecule has 1 aromatic carbocycles. The quantitative estimate of drug-likeness (QED) is 0.586. The number of hydrogen-bond donors (Lipinski definition) is 0. The highest BCUT2D eigenvalue weighted by atomic mass is 35.7. The summed E-state index contributed by atoms with van der Waals surface area (Å²) in [4.78, 5) is -0.946. The first-order valence-electron chi connectivity index (χ1n) is 5.47. The van der Waals surface area contributed by atoms with E-state index in [1.165, 1.54) is 0 Å². The molecule has 0 aliphatic carbocycles. The summed E-state index contributed by atoms with van der Waals surface area (Å²) >= 11 is 0. The molecule has 8 heteroatoms. The van der Waals surface area contributed by atoms with Crippen LogP contribution in [0.2, 0.25) is 0 Å². The van der Waals surface area contributed by atoms with Crippen LogP contribution in [0.15, 0.2) is 21.9 Å². The second-order valence-corrected chi connectivity index (χ2v) is 9.78. The smallest absolute Gasteiger partial charge is 0.224 e. The molecule has 0 fully saturated rings. The maximum absolute atomic E-state index is 13.8. The van der Waals surface area contributed by atoms with Gasteiger partial charge in [0.1, 0.15) is 10.7 Å². The molecule has 2 rings (SSSR count). The van der Waals surface area contributed by atoms with Crippen LogP contribution in [-0.4, -0.2) is 22.6 Å². The summed E-state index contributed by atoms with van der Waals surface area (Å²) in [6.07, 6.45) is 0.356. The monoisotopic (exact) mass is 326 g/mol. The molecule has 1 heterocycles. The third-order valence-electron chi connectivity index (χ3n) is 3.36. The van der Waals surface area contributed by atoms with Gasteiger partial charge in [0.25, 0.3) is 9.05 Å². The molecule has 0 amide bonds. The van der Waals surface area contributed by atoms with Crippen LogP contribution in [0.1, 0.15) is 25.8 Å². The Hall–Kier alpha value is -0.660. The van der Waals surface area contributed by atoms with Crippen LogP contribution in [0.3, 0.4) is 0 Å². The Bertz CT molecular complexity index is 751. The molecule has 1 aliphatic heterocycles. The Morgan fingerprint density at radius 1 is 1.32 bits per heavy atom. The van der Waals surface area contributed by atoms with Gasteiger partial charge in [0.15, 0.2) is 9.84 Å². The largest absolute Gasteiger partial charge is 0.264 e. The summed E-state index contributed by atoms with van der Waals surface area (Å²) in [5, 5.41) is 0. The fourth-order valence-electron chi connectivity index (χ4n) is 2.14. The predicted octanol–water partition coefficient (Wildman–Crippen LogP) is 2.21. The molecule has 0 unspecified atom stereocenters. The zero-order chi connectivity index (χ0) is 14.6. The first-order chi connectivity index (χ1) is 8.45. The van der Waals surface area contributed by atoms with E-state index in [0.717, 1.165) is 12.1 Å². The normalized spacial score (nSPS) is 20.8. The van der Waals surface area contributed by atoms with E-state index in [1.807, 2.05) is 0 Å². The lowest BCUT2D eigenvalue weighted by molar-refractivity contribution is 0.464. The minimum absolute atomic E-state index is 0.0968. The Balaban J connectivity index is 2.88. The van der Waals surface area contributed by atoms with Crippen molar-refractivity contribution in [3.8, 4) is 0 Å². The van der Waals surface area contributed by atoms with Crippen LogP contribution in [0.25, 0.3) is 0 Å². The molecule has 0 atom stereocenters. The van der Waals surface area contributed by atoms with Gasteiger partial charge in [0, 0.05) is 10.7 Å². The van der Waals surface area contributed by atoms with E-state index >= 15 is 0 Å². The first kappa shape index (κ1) is 14.7. The molecule has 0 N–H and O–H groups in total. The van der Waals surface area contributed by atoms with Crippen molar-refractivity contribution in [2.75, 3.05) is 5.75 Å². The highest BCUT2D eigenvalue weighted by molar-refractivity contribution is 8.13. The molecule has 106 valence electrons. The Morgan fingerprint density at radius 2 is 1.89 bits per heavy atom. The number of fused-ring (bicyclic) bond motifs is 1. The average Bonchev–Trinajstić information content (AvgIpc) is 2.23. The van der Waals surface area contributed by atoms with Crippen molar-refractivity contribution in [1.29, 1.82) is 0 Å². The highest BCUT2D eigenvalue weighted by Gasteiger charge is 2.37. The molecule has 0 saturated heterocycles. The molecule has 0 saturated carbocycles. The fraction of sp³-hybridized carbons (Fsp3) is 0.455. The van der Waals surface area contributed by atoms with Gasteiger partial charge in [-0.2, -0.15) is 0 Å². The summed E-state index contributed by atoms with van der Waals surface area (Å²) in [6, 6.07) is 1.78. The van der Waals surface area contributed by atoms with Crippen molar-refractivity contribution in [3.63, 3.8) is 0 Å². The molecule has 0 bridgehead atoms. The standard InChI is InChI=1S/C11H12ClFO4S2/c1-11(2)3-4-18(14,15)9-6-10(19(12,16)17)8(13)5-7(9)11/h5-6H,3-4H2,1-2H3. The summed E-state index contributed by atoms with van der Waals surface area (Å²) < 4.78 is 60.3. The molecule has 0 radical (unpaired) electrons. The van der Waals surface area contributed by atoms with Crippen molar-refractivity contribution >= 4 is 29.6 Å². The van der Waals surface area contributed by atoms with Crippen LogP contribution in [0, 0.1) is 5.82 Å². The summed E-state index contributed by atoms with van der Waals surface area (Å²) in [5.74, 6) is -1.13. The molecular weight excluding hydrogens is 315 g/mol. The molecular formula is C11H12ClFO4S2.